The first-order valence-corrected chi connectivity index (χ1v) is 8.25. The fourth-order valence-corrected chi connectivity index (χ4v) is 2.75. The standard InChI is InChI=1S/C17H22N6O/c1-3-4-5-6-13-8-7-12(9-19-13)10-23-16-14(22-17(23)24)15(18)20-11(2)21-16/h7-9H,3-6,10H2,1-2H3,(H,22,24)(H2,18,20,21). The Morgan fingerprint density at radius 3 is 2.79 bits per heavy atom. The van der Waals surface area contributed by atoms with Gasteiger partial charge in [-0.2, -0.15) is 0 Å². The number of anilines is 1. The van der Waals surface area contributed by atoms with Crippen molar-refractivity contribution in [3.63, 3.8) is 0 Å². The van der Waals surface area contributed by atoms with Gasteiger partial charge in [0.25, 0.3) is 0 Å². The minimum atomic E-state index is -0.247. The molecule has 0 saturated heterocycles. The Bertz CT molecular complexity index is 894. The molecule has 24 heavy (non-hydrogen) atoms. The van der Waals surface area contributed by atoms with Crippen molar-refractivity contribution in [2.75, 3.05) is 5.73 Å². The van der Waals surface area contributed by atoms with Crippen LogP contribution in [0.15, 0.2) is 23.1 Å². The molecule has 7 nitrogen and oxygen atoms in total. The van der Waals surface area contributed by atoms with Crippen molar-refractivity contribution in [2.45, 2.75) is 46.1 Å². The van der Waals surface area contributed by atoms with Gasteiger partial charge in [-0.25, -0.2) is 14.8 Å². The van der Waals surface area contributed by atoms with E-state index in [1.807, 2.05) is 18.3 Å². The predicted octanol–water partition coefficient (Wildman–Crippen LogP) is 2.19. The maximum absolute atomic E-state index is 12.2. The van der Waals surface area contributed by atoms with Crippen LogP contribution in [-0.2, 0) is 13.0 Å². The third kappa shape index (κ3) is 3.29. The molecule has 0 aliphatic heterocycles. The second kappa shape index (κ2) is 6.82. The first-order chi connectivity index (χ1) is 11.6. The summed E-state index contributed by atoms with van der Waals surface area (Å²) in [7, 11) is 0. The SMILES string of the molecule is CCCCCc1ccc(Cn2c(=O)[nH]c3c(N)nc(C)nc32)cn1. The Labute approximate surface area is 140 Å². The Morgan fingerprint density at radius 2 is 2.08 bits per heavy atom. The van der Waals surface area contributed by atoms with E-state index in [9.17, 15) is 4.79 Å². The highest BCUT2D eigenvalue weighted by molar-refractivity contribution is 5.81. The van der Waals surface area contributed by atoms with Gasteiger partial charge >= 0.3 is 5.69 Å². The summed E-state index contributed by atoms with van der Waals surface area (Å²) in [6, 6.07) is 4.04. The van der Waals surface area contributed by atoms with E-state index >= 15 is 0 Å². The molecule has 3 aromatic heterocycles. The highest BCUT2D eigenvalue weighted by Gasteiger charge is 2.13. The average Bonchev–Trinajstić information content (AvgIpc) is 2.86. The van der Waals surface area contributed by atoms with Crippen LogP contribution in [0.5, 0.6) is 0 Å². The molecule has 0 aliphatic carbocycles. The van der Waals surface area contributed by atoms with Crippen LogP contribution in [0.3, 0.4) is 0 Å². The van der Waals surface area contributed by atoms with Crippen molar-refractivity contribution in [2.24, 2.45) is 0 Å². The Hall–Kier alpha value is -2.70. The number of rotatable bonds is 6. The van der Waals surface area contributed by atoms with Gasteiger partial charge in [0.05, 0.1) is 6.54 Å². The zero-order chi connectivity index (χ0) is 17.1. The zero-order valence-corrected chi connectivity index (χ0v) is 14.0. The molecule has 0 spiro atoms. The van der Waals surface area contributed by atoms with E-state index in [0.29, 0.717) is 23.5 Å². The Kier molecular flexibility index (Phi) is 4.59. The molecule has 3 N–H and O–H groups in total. The molecule has 3 heterocycles. The third-order valence-corrected chi connectivity index (χ3v) is 4.03. The summed E-state index contributed by atoms with van der Waals surface area (Å²) in [6.07, 6.45) is 6.38. The number of hydrogen-bond acceptors (Lipinski definition) is 5. The largest absolute Gasteiger partial charge is 0.382 e. The number of H-pyrrole nitrogens is 1. The smallest absolute Gasteiger partial charge is 0.328 e. The van der Waals surface area contributed by atoms with Crippen LogP contribution in [0.25, 0.3) is 11.2 Å². The Morgan fingerprint density at radius 1 is 1.25 bits per heavy atom. The van der Waals surface area contributed by atoms with Crippen molar-refractivity contribution in [1.29, 1.82) is 0 Å². The molecule has 0 amide bonds. The number of pyridine rings is 1. The number of aromatic nitrogens is 5. The lowest BCUT2D eigenvalue weighted by atomic mass is 10.1. The maximum atomic E-state index is 12.2. The number of nitrogens with zero attached hydrogens (tertiary/aromatic N) is 4. The first kappa shape index (κ1) is 16.2. The molecule has 7 heteroatoms. The fraction of sp³-hybridized carbons (Fsp3) is 0.412. The molecule has 3 rings (SSSR count). The molecule has 0 saturated carbocycles. The summed E-state index contributed by atoms with van der Waals surface area (Å²) < 4.78 is 1.56. The van der Waals surface area contributed by atoms with Gasteiger partial charge in [-0.1, -0.05) is 25.8 Å². The van der Waals surface area contributed by atoms with E-state index in [2.05, 4.69) is 26.9 Å². The predicted molar refractivity (Wildman–Crippen MR) is 93.9 cm³/mol. The fourth-order valence-electron chi connectivity index (χ4n) is 2.75. The molecule has 3 aromatic rings. The summed E-state index contributed by atoms with van der Waals surface area (Å²) in [5.41, 5.74) is 8.66. The number of imidazole rings is 1. The summed E-state index contributed by atoms with van der Waals surface area (Å²) in [4.78, 5) is 27.9. The number of aryl methyl sites for hydroxylation is 2. The van der Waals surface area contributed by atoms with Crippen LogP contribution in [0.2, 0.25) is 0 Å². The zero-order valence-electron chi connectivity index (χ0n) is 14.0. The van der Waals surface area contributed by atoms with E-state index in [-0.39, 0.29) is 11.5 Å². The van der Waals surface area contributed by atoms with Gasteiger partial charge in [0, 0.05) is 11.9 Å². The number of unbranched alkanes of at least 4 members (excludes halogenated alkanes) is 2. The molecule has 126 valence electrons. The summed E-state index contributed by atoms with van der Waals surface area (Å²) in [6.45, 7) is 4.34. The normalized spacial score (nSPS) is 11.2. The van der Waals surface area contributed by atoms with Crippen LogP contribution in [-0.4, -0.2) is 24.5 Å². The van der Waals surface area contributed by atoms with Gasteiger partial charge in [-0.05, 0) is 31.4 Å². The monoisotopic (exact) mass is 326 g/mol. The highest BCUT2D eigenvalue weighted by atomic mass is 16.1. The van der Waals surface area contributed by atoms with Crippen LogP contribution in [0, 0.1) is 6.92 Å². The van der Waals surface area contributed by atoms with Gasteiger partial charge < -0.3 is 10.7 Å². The minimum absolute atomic E-state index is 0.247. The number of hydrogen-bond donors (Lipinski definition) is 2. The molecule has 0 radical (unpaired) electrons. The van der Waals surface area contributed by atoms with Gasteiger partial charge in [0.2, 0.25) is 0 Å². The summed E-state index contributed by atoms with van der Waals surface area (Å²) in [5, 5.41) is 0. The van der Waals surface area contributed by atoms with Crippen LogP contribution in [0.4, 0.5) is 5.82 Å². The molecular formula is C17H22N6O. The molecular weight excluding hydrogens is 304 g/mol. The summed E-state index contributed by atoms with van der Waals surface area (Å²) in [5.74, 6) is 0.829. The van der Waals surface area contributed by atoms with Crippen molar-refractivity contribution in [1.82, 2.24) is 24.5 Å². The number of nitrogens with one attached hydrogen (secondary N) is 1. The van der Waals surface area contributed by atoms with Gasteiger partial charge in [0.1, 0.15) is 11.3 Å². The molecule has 0 aromatic carbocycles. The minimum Gasteiger partial charge on any atom is -0.382 e. The van der Waals surface area contributed by atoms with E-state index in [1.165, 1.54) is 12.8 Å². The molecule has 0 fully saturated rings. The van der Waals surface area contributed by atoms with Gasteiger partial charge in [-0.3, -0.25) is 9.55 Å². The summed E-state index contributed by atoms with van der Waals surface area (Å²) >= 11 is 0. The second-order valence-corrected chi connectivity index (χ2v) is 5.99. The lowest BCUT2D eigenvalue weighted by Crippen LogP contribution is -2.18. The van der Waals surface area contributed by atoms with E-state index in [4.69, 9.17) is 5.73 Å². The molecule has 0 atom stereocenters. The third-order valence-electron chi connectivity index (χ3n) is 4.03. The van der Waals surface area contributed by atoms with Crippen molar-refractivity contribution in [3.8, 4) is 0 Å². The molecule has 0 bridgehead atoms. The molecule has 0 aliphatic rings. The lowest BCUT2D eigenvalue weighted by Gasteiger charge is -2.05. The van der Waals surface area contributed by atoms with Crippen molar-refractivity contribution in [3.05, 3.63) is 45.9 Å². The number of aromatic amines is 1. The van der Waals surface area contributed by atoms with E-state index < -0.39 is 0 Å². The molecule has 0 unspecified atom stereocenters. The maximum Gasteiger partial charge on any atom is 0.328 e. The van der Waals surface area contributed by atoms with E-state index in [0.717, 1.165) is 24.1 Å². The number of nitrogens with two attached hydrogens (primary N) is 1. The quantitative estimate of drug-likeness (QED) is 0.676. The van der Waals surface area contributed by atoms with Crippen LogP contribution >= 0.6 is 0 Å². The van der Waals surface area contributed by atoms with E-state index in [1.54, 1.807) is 11.5 Å². The van der Waals surface area contributed by atoms with Gasteiger partial charge in [-0.15, -0.1) is 0 Å². The topological polar surface area (TPSA) is 102 Å². The lowest BCUT2D eigenvalue weighted by molar-refractivity contribution is 0.705. The van der Waals surface area contributed by atoms with Crippen LogP contribution in [0.1, 0.15) is 43.3 Å². The number of fused-ring (bicyclic) bond motifs is 1. The van der Waals surface area contributed by atoms with Gasteiger partial charge in [0.15, 0.2) is 11.5 Å². The van der Waals surface area contributed by atoms with Crippen molar-refractivity contribution >= 4 is 17.0 Å². The second-order valence-electron chi connectivity index (χ2n) is 5.99. The average molecular weight is 326 g/mol. The Balaban J connectivity index is 1.85. The number of nitrogen functional groups attached to an aromatic ring is 1. The van der Waals surface area contributed by atoms with Crippen LogP contribution < -0.4 is 11.4 Å². The van der Waals surface area contributed by atoms with Crippen molar-refractivity contribution < 1.29 is 0 Å². The highest BCUT2D eigenvalue weighted by Crippen LogP contribution is 2.15. The first-order valence-electron chi connectivity index (χ1n) is 8.25.